The van der Waals surface area contributed by atoms with Crippen LogP contribution in [0.15, 0.2) is 24.3 Å². The summed E-state index contributed by atoms with van der Waals surface area (Å²) in [5.41, 5.74) is 8.88. The molecule has 0 spiro atoms. The summed E-state index contributed by atoms with van der Waals surface area (Å²) in [6.07, 6.45) is 8.27. The summed E-state index contributed by atoms with van der Waals surface area (Å²) in [6, 6.07) is 9.42. The minimum Gasteiger partial charge on any atom is -0.343 e. The van der Waals surface area contributed by atoms with Crippen molar-refractivity contribution in [3.63, 3.8) is 0 Å². The Morgan fingerprint density at radius 3 is 2.55 bits per heavy atom. The van der Waals surface area contributed by atoms with Crippen LogP contribution in [0, 0.1) is 5.92 Å². The van der Waals surface area contributed by atoms with Crippen LogP contribution in [-0.2, 0) is 17.6 Å². The van der Waals surface area contributed by atoms with Crippen LogP contribution in [0.3, 0.4) is 0 Å². The van der Waals surface area contributed by atoms with Gasteiger partial charge >= 0.3 is 0 Å². The maximum absolute atomic E-state index is 12.6. The SMILES string of the molecule is CN(C(=O)C[C@H]1CCc2ccccc2C1)C1CCC(N)CC1. The minimum absolute atomic E-state index is 0.324. The van der Waals surface area contributed by atoms with Gasteiger partial charge in [0, 0.05) is 25.6 Å². The quantitative estimate of drug-likeness (QED) is 0.933. The standard InChI is InChI=1S/C19H28N2O/c1-21(18-10-8-17(20)9-11-18)19(22)13-14-6-7-15-4-2-3-5-16(15)12-14/h2-5,14,17-18H,6-13,20H2,1H3/t14-,17?,18?/m0/s1. The molecule has 0 aliphatic heterocycles. The molecule has 0 unspecified atom stereocenters. The summed E-state index contributed by atoms with van der Waals surface area (Å²) in [4.78, 5) is 14.6. The Labute approximate surface area is 133 Å². The fourth-order valence-corrected chi connectivity index (χ4v) is 4.03. The van der Waals surface area contributed by atoms with E-state index in [9.17, 15) is 4.79 Å². The van der Waals surface area contributed by atoms with Crippen molar-refractivity contribution in [3.05, 3.63) is 35.4 Å². The van der Waals surface area contributed by atoms with Gasteiger partial charge in [0.1, 0.15) is 0 Å². The highest BCUT2D eigenvalue weighted by atomic mass is 16.2. The maximum Gasteiger partial charge on any atom is 0.222 e. The topological polar surface area (TPSA) is 46.3 Å². The van der Waals surface area contributed by atoms with Gasteiger partial charge in [0.05, 0.1) is 0 Å². The van der Waals surface area contributed by atoms with Crippen LogP contribution in [0.4, 0.5) is 0 Å². The van der Waals surface area contributed by atoms with Crippen molar-refractivity contribution in [1.29, 1.82) is 0 Å². The van der Waals surface area contributed by atoms with E-state index in [1.165, 1.54) is 11.1 Å². The Morgan fingerprint density at radius 2 is 1.82 bits per heavy atom. The second-order valence-electron chi connectivity index (χ2n) is 7.15. The molecule has 1 aromatic carbocycles. The Kier molecular flexibility index (Phi) is 4.82. The first-order valence-electron chi connectivity index (χ1n) is 8.71. The molecule has 0 bridgehead atoms. The van der Waals surface area contributed by atoms with Gasteiger partial charge in [0.2, 0.25) is 5.91 Å². The van der Waals surface area contributed by atoms with E-state index in [1.54, 1.807) is 0 Å². The van der Waals surface area contributed by atoms with Gasteiger partial charge in [-0.25, -0.2) is 0 Å². The minimum atomic E-state index is 0.324. The first-order valence-corrected chi connectivity index (χ1v) is 8.71. The van der Waals surface area contributed by atoms with Crippen molar-refractivity contribution in [3.8, 4) is 0 Å². The Hall–Kier alpha value is -1.35. The summed E-state index contributed by atoms with van der Waals surface area (Å²) in [7, 11) is 1.99. The normalized spacial score (nSPS) is 28.0. The lowest BCUT2D eigenvalue weighted by Gasteiger charge is -2.34. The first kappa shape index (κ1) is 15.5. The van der Waals surface area contributed by atoms with Crippen LogP contribution in [0.1, 0.15) is 49.7 Å². The van der Waals surface area contributed by atoms with Crippen molar-refractivity contribution in [2.75, 3.05) is 7.05 Å². The van der Waals surface area contributed by atoms with Crippen LogP contribution in [0.2, 0.25) is 0 Å². The number of amides is 1. The van der Waals surface area contributed by atoms with Crippen LogP contribution in [0.5, 0.6) is 0 Å². The molecule has 1 atom stereocenters. The van der Waals surface area contributed by atoms with Gasteiger partial charge in [-0.2, -0.15) is 0 Å². The zero-order valence-corrected chi connectivity index (χ0v) is 13.6. The summed E-state index contributed by atoms with van der Waals surface area (Å²) < 4.78 is 0. The number of carbonyl (C=O) groups excluding carboxylic acids is 1. The number of aryl methyl sites for hydroxylation is 1. The molecule has 120 valence electrons. The lowest BCUT2D eigenvalue weighted by Crippen LogP contribution is -2.42. The molecule has 2 aliphatic rings. The number of carbonyl (C=O) groups is 1. The van der Waals surface area contributed by atoms with Gasteiger partial charge in [-0.3, -0.25) is 4.79 Å². The predicted molar refractivity (Wildman–Crippen MR) is 89.6 cm³/mol. The highest BCUT2D eigenvalue weighted by Crippen LogP contribution is 2.29. The number of fused-ring (bicyclic) bond motifs is 1. The van der Waals surface area contributed by atoms with E-state index in [-0.39, 0.29) is 0 Å². The molecule has 0 radical (unpaired) electrons. The number of hydrogen-bond donors (Lipinski definition) is 1. The van der Waals surface area contributed by atoms with Gasteiger partial charge in [-0.1, -0.05) is 24.3 Å². The van der Waals surface area contributed by atoms with Crippen LogP contribution >= 0.6 is 0 Å². The van der Waals surface area contributed by atoms with E-state index in [1.807, 2.05) is 11.9 Å². The Balaban J connectivity index is 1.54. The molecular formula is C19H28N2O. The van der Waals surface area contributed by atoms with Gasteiger partial charge in [0.25, 0.3) is 0 Å². The van der Waals surface area contributed by atoms with Gasteiger partial charge in [-0.05, 0) is 62.0 Å². The Bertz CT molecular complexity index is 520. The molecule has 0 aromatic heterocycles. The van der Waals surface area contributed by atoms with Gasteiger partial charge < -0.3 is 10.6 Å². The van der Waals surface area contributed by atoms with E-state index in [0.29, 0.717) is 30.3 Å². The molecule has 1 aromatic rings. The molecule has 2 aliphatic carbocycles. The second kappa shape index (κ2) is 6.82. The number of hydrogen-bond acceptors (Lipinski definition) is 2. The molecule has 1 saturated carbocycles. The summed E-state index contributed by atoms with van der Waals surface area (Å²) in [5, 5.41) is 0. The Morgan fingerprint density at radius 1 is 1.14 bits per heavy atom. The highest BCUT2D eigenvalue weighted by Gasteiger charge is 2.27. The second-order valence-corrected chi connectivity index (χ2v) is 7.15. The highest BCUT2D eigenvalue weighted by molar-refractivity contribution is 5.76. The third kappa shape index (κ3) is 3.52. The largest absolute Gasteiger partial charge is 0.343 e. The number of nitrogens with two attached hydrogens (primary N) is 1. The van der Waals surface area contributed by atoms with Crippen molar-refractivity contribution in [2.45, 2.75) is 63.5 Å². The van der Waals surface area contributed by atoms with Gasteiger partial charge in [-0.15, -0.1) is 0 Å². The predicted octanol–water partition coefficient (Wildman–Crippen LogP) is 2.91. The monoisotopic (exact) mass is 300 g/mol. The number of nitrogens with zero attached hydrogens (tertiary/aromatic N) is 1. The zero-order chi connectivity index (χ0) is 15.5. The molecular weight excluding hydrogens is 272 g/mol. The van der Waals surface area contributed by atoms with Crippen molar-refractivity contribution >= 4 is 5.91 Å². The fraction of sp³-hybridized carbons (Fsp3) is 0.632. The summed E-state index contributed by atoms with van der Waals surface area (Å²) in [5.74, 6) is 0.834. The third-order valence-corrected chi connectivity index (χ3v) is 5.59. The van der Waals surface area contributed by atoms with Crippen molar-refractivity contribution in [1.82, 2.24) is 4.90 Å². The zero-order valence-electron chi connectivity index (χ0n) is 13.6. The van der Waals surface area contributed by atoms with Gasteiger partial charge in [0.15, 0.2) is 0 Å². The van der Waals surface area contributed by atoms with E-state index in [4.69, 9.17) is 5.73 Å². The number of rotatable bonds is 3. The van der Waals surface area contributed by atoms with Crippen LogP contribution in [0.25, 0.3) is 0 Å². The molecule has 2 N–H and O–H groups in total. The fourth-order valence-electron chi connectivity index (χ4n) is 4.03. The number of benzene rings is 1. The van der Waals surface area contributed by atoms with E-state index in [2.05, 4.69) is 24.3 Å². The first-order chi connectivity index (χ1) is 10.6. The molecule has 22 heavy (non-hydrogen) atoms. The smallest absolute Gasteiger partial charge is 0.222 e. The lowest BCUT2D eigenvalue weighted by atomic mass is 9.82. The lowest BCUT2D eigenvalue weighted by molar-refractivity contribution is -0.133. The maximum atomic E-state index is 12.6. The molecule has 1 fully saturated rings. The summed E-state index contributed by atoms with van der Waals surface area (Å²) in [6.45, 7) is 0. The van der Waals surface area contributed by atoms with E-state index < -0.39 is 0 Å². The van der Waals surface area contributed by atoms with E-state index >= 15 is 0 Å². The molecule has 0 heterocycles. The average Bonchev–Trinajstić information content (AvgIpc) is 2.55. The average molecular weight is 300 g/mol. The molecule has 0 saturated heterocycles. The molecule has 3 rings (SSSR count). The molecule has 3 nitrogen and oxygen atoms in total. The summed E-state index contributed by atoms with van der Waals surface area (Å²) >= 11 is 0. The van der Waals surface area contributed by atoms with Crippen LogP contribution < -0.4 is 5.73 Å². The molecule has 3 heteroatoms. The van der Waals surface area contributed by atoms with E-state index in [0.717, 1.165) is 44.9 Å². The third-order valence-electron chi connectivity index (χ3n) is 5.59. The van der Waals surface area contributed by atoms with Crippen LogP contribution in [-0.4, -0.2) is 29.9 Å². The van der Waals surface area contributed by atoms with Crippen molar-refractivity contribution in [2.24, 2.45) is 11.7 Å². The molecule has 1 amide bonds. The van der Waals surface area contributed by atoms with Crippen molar-refractivity contribution < 1.29 is 4.79 Å².